The molecule has 0 spiro atoms. The number of ketones is 1. The number of likely N-dealkylation sites (tertiary alicyclic amines) is 1. The number of hydrogen-bond donors (Lipinski definition) is 1. The van der Waals surface area contributed by atoms with Crippen molar-refractivity contribution in [3.8, 4) is 11.5 Å². The van der Waals surface area contributed by atoms with E-state index in [1.165, 1.54) is 18.9 Å². The summed E-state index contributed by atoms with van der Waals surface area (Å²) in [5.74, 6) is -1.36. The van der Waals surface area contributed by atoms with Crippen LogP contribution in [0, 0.1) is 0 Å². The highest BCUT2D eigenvalue weighted by Gasteiger charge is 2.45. The van der Waals surface area contributed by atoms with Gasteiger partial charge in [0.2, 0.25) is 0 Å². The molecule has 8 nitrogen and oxygen atoms in total. The monoisotopic (exact) mass is 453 g/mol. The molecule has 2 aromatic rings. The van der Waals surface area contributed by atoms with Gasteiger partial charge in [0.15, 0.2) is 0 Å². The Morgan fingerprint density at radius 2 is 1.79 bits per heavy atom. The largest absolute Gasteiger partial charge is 0.507 e. The molecule has 1 amide bonds. The van der Waals surface area contributed by atoms with Crippen molar-refractivity contribution in [1.29, 1.82) is 0 Å². The van der Waals surface area contributed by atoms with Gasteiger partial charge in [0.05, 0.1) is 24.8 Å². The highest BCUT2D eigenvalue weighted by atomic mass is 16.5. The fraction of sp³-hybridized carbons (Fsp3) is 0.320. The van der Waals surface area contributed by atoms with E-state index in [-0.39, 0.29) is 24.5 Å². The molecule has 1 atom stereocenters. The van der Waals surface area contributed by atoms with E-state index in [0.717, 1.165) is 6.42 Å². The Labute approximate surface area is 192 Å². The van der Waals surface area contributed by atoms with Crippen LogP contribution in [-0.2, 0) is 19.1 Å². The van der Waals surface area contributed by atoms with Crippen LogP contribution in [0.3, 0.4) is 0 Å². The molecule has 0 radical (unpaired) electrons. The van der Waals surface area contributed by atoms with Crippen molar-refractivity contribution in [1.82, 2.24) is 4.90 Å². The molecule has 0 bridgehead atoms. The van der Waals surface area contributed by atoms with Gasteiger partial charge in [-0.25, -0.2) is 0 Å². The lowest BCUT2D eigenvalue weighted by atomic mass is 9.95. The lowest BCUT2D eigenvalue weighted by molar-refractivity contribution is -0.140. The zero-order valence-corrected chi connectivity index (χ0v) is 18.9. The second-order valence-corrected chi connectivity index (χ2v) is 7.52. The molecule has 2 aromatic carbocycles. The smallest absolute Gasteiger partial charge is 0.308 e. The summed E-state index contributed by atoms with van der Waals surface area (Å²) in [6.45, 7) is 4.17. The summed E-state index contributed by atoms with van der Waals surface area (Å²) in [4.78, 5) is 38.4. The molecule has 1 unspecified atom stereocenters. The van der Waals surface area contributed by atoms with Crippen LogP contribution in [-0.4, -0.2) is 54.5 Å². The molecular weight excluding hydrogens is 426 g/mol. The number of carbonyl (C=O) groups is 3. The fourth-order valence-corrected chi connectivity index (χ4v) is 3.64. The van der Waals surface area contributed by atoms with Crippen LogP contribution < -0.4 is 9.47 Å². The summed E-state index contributed by atoms with van der Waals surface area (Å²) in [5.41, 5.74) is 0.931. The molecule has 3 rings (SSSR count). The Morgan fingerprint density at radius 3 is 2.42 bits per heavy atom. The highest BCUT2D eigenvalue weighted by Crippen LogP contribution is 2.40. The summed E-state index contributed by atoms with van der Waals surface area (Å²) in [6, 6.07) is 12.4. The minimum Gasteiger partial charge on any atom is -0.507 e. The zero-order chi connectivity index (χ0) is 24.0. The normalized spacial score (nSPS) is 17.3. The lowest BCUT2D eigenvalue weighted by Gasteiger charge is -2.25. The molecule has 0 aliphatic carbocycles. The number of aliphatic hydroxyl groups excluding tert-OH is 1. The first-order valence-electron chi connectivity index (χ1n) is 10.7. The van der Waals surface area contributed by atoms with E-state index in [9.17, 15) is 19.5 Å². The highest BCUT2D eigenvalue weighted by molar-refractivity contribution is 6.46. The van der Waals surface area contributed by atoms with Crippen LogP contribution in [0.5, 0.6) is 11.5 Å². The van der Waals surface area contributed by atoms with E-state index >= 15 is 0 Å². The molecule has 1 aliphatic rings. The lowest BCUT2D eigenvalue weighted by Crippen LogP contribution is -2.32. The van der Waals surface area contributed by atoms with Crippen molar-refractivity contribution in [2.24, 2.45) is 0 Å². The van der Waals surface area contributed by atoms with Gasteiger partial charge in [-0.1, -0.05) is 31.2 Å². The second-order valence-electron chi connectivity index (χ2n) is 7.52. The number of nitrogens with zero attached hydrogens (tertiary/aromatic N) is 1. The first-order valence-corrected chi connectivity index (χ1v) is 10.7. The Hall–Kier alpha value is -3.65. The SMILES string of the molecule is CCCOc1cccc(/C(O)=C2/C(=O)C(=O)N(CCOC)C2c2ccc(OC(C)=O)cc2)c1. The van der Waals surface area contributed by atoms with Crippen molar-refractivity contribution < 1.29 is 33.7 Å². The van der Waals surface area contributed by atoms with Crippen molar-refractivity contribution in [2.45, 2.75) is 26.3 Å². The van der Waals surface area contributed by atoms with E-state index in [1.807, 2.05) is 6.92 Å². The third-order valence-corrected chi connectivity index (χ3v) is 5.11. The van der Waals surface area contributed by atoms with Crippen molar-refractivity contribution >= 4 is 23.4 Å². The Kier molecular flexibility index (Phi) is 7.84. The molecular formula is C25H27NO7. The van der Waals surface area contributed by atoms with Crippen LogP contribution in [0.1, 0.15) is 37.4 Å². The molecule has 1 fully saturated rings. The van der Waals surface area contributed by atoms with Gasteiger partial charge in [-0.15, -0.1) is 0 Å². The Balaban J connectivity index is 2.07. The van der Waals surface area contributed by atoms with Crippen molar-refractivity contribution in [3.05, 3.63) is 65.2 Å². The van der Waals surface area contributed by atoms with Gasteiger partial charge in [0.25, 0.3) is 11.7 Å². The maximum Gasteiger partial charge on any atom is 0.308 e. The topological polar surface area (TPSA) is 102 Å². The molecule has 1 heterocycles. The van der Waals surface area contributed by atoms with Crippen LogP contribution in [0.2, 0.25) is 0 Å². The number of rotatable bonds is 9. The zero-order valence-electron chi connectivity index (χ0n) is 18.9. The van der Waals surface area contributed by atoms with Crippen LogP contribution in [0.25, 0.3) is 5.76 Å². The van der Waals surface area contributed by atoms with E-state index in [1.54, 1.807) is 48.5 Å². The number of esters is 1. The third-order valence-electron chi connectivity index (χ3n) is 5.11. The minimum absolute atomic E-state index is 0.0241. The number of carbonyl (C=O) groups excluding carboxylic acids is 3. The van der Waals surface area contributed by atoms with Crippen LogP contribution in [0.15, 0.2) is 54.1 Å². The van der Waals surface area contributed by atoms with Crippen molar-refractivity contribution in [3.63, 3.8) is 0 Å². The Morgan fingerprint density at radius 1 is 1.06 bits per heavy atom. The van der Waals surface area contributed by atoms with E-state index in [4.69, 9.17) is 14.2 Å². The van der Waals surface area contributed by atoms with Crippen LogP contribution >= 0.6 is 0 Å². The minimum atomic E-state index is -0.827. The predicted octanol–water partition coefficient (Wildman–Crippen LogP) is 3.47. The number of hydrogen-bond acceptors (Lipinski definition) is 7. The first-order chi connectivity index (χ1) is 15.9. The van der Waals surface area contributed by atoms with Gasteiger partial charge >= 0.3 is 5.97 Å². The predicted molar refractivity (Wildman–Crippen MR) is 121 cm³/mol. The fourth-order valence-electron chi connectivity index (χ4n) is 3.64. The molecule has 1 aliphatic heterocycles. The van der Waals surface area contributed by atoms with Crippen LogP contribution in [0.4, 0.5) is 0 Å². The average molecular weight is 453 g/mol. The summed E-state index contributed by atoms with van der Waals surface area (Å²) in [6.07, 6.45) is 0.824. The number of benzene rings is 2. The molecule has 8 heteroatoms. The molecule has 33 heavy (non-hydrogen) atoms. The van der Waals surface area contributed by atoms with Gasteiger partial charge in [0.1, 0.15) is 17.3 Å². The summed E-state index contributed by atoms with van der Waals surface area (Å²) in [5, 5.41) is 11.1. The average Bonchev–Trinajstić information content (AvgIpc) is 3.06. The van der Waals surface area contributed by atoms with Gasteiger partial charge in [-0.05, 0) is 36.2 Å². The van der Waals surface area contributed by atoms with Crippen molar-refractivity contribution in [2.75, 3.05) is 26.9 Å². The van der Waals surface area contributed by atoms with Gasteiger partial charge in [0, 0.05) is 26.1 Å². The summed E-state index contributed by atoms with van der Waals surface area (Å²) < 4.78 is 15.8. The van der Waals surface area contributed by atoms with Gasteiger partial charge in [-0.3, -0.25) is 14.4 Å². The molecule has 174 valence electrons. The number of aliphatic hydroxyl groups is 1. The first kappa shape index (κ1) is 24.0. The molecule has 0 saturated carbocycles. The maximum atomic E-state index is 13.0. The van der Waals surface area contributed by atoms with Gasteiger partial charge in [-0.2, -0.15) is 0 Å². The molecule has 1 N–H and O–H groups in total. The van der Waals surface area contributed by atoms with E-state index in [2.05, 4.69) is 0 Å². The van der Waals surface area contributed by atoms with E-state index < -0.39 is 23.7 Å². The number of ether oxygens (including phenoxy) is 3. The summed E-state index contributed by atoms with van der Waals surface area (Å²) >= 11 is 0. The summed E-state index contributed by atoms with van der Waals surface area (Å²) in [7, 11) is 1.50. The number of Topliss-reactive ketones (excluding diaryl/α,β-unsaturated/α-hetero) is 1. The Bertz CT molecular complexity index is 1060. The van der Waals surface area contributed by atoms with E-state index in [0.29, 0.717) is 29.2 Å². The van der Waals surface area contributed by atoms with Gasteiger partial charge < -0.3 is 24.2 Å². The second kappa shape index (κ2) is 10.8. The molecule has 0 aromatic heterocycles. The quantitative estimate of drug-likeness (QED) is 0.204. The number of amides is 1. The maximum absolute atomic E-state index is 13.0. The number of methoxy groups -OCH3 is 1. The third kappa shape index (κ3) is 5.40. The standard InChI is InChI=1S/C25H27NO7/c1-4-13-32-20-7-5-6-18(15-20)23(28)21-22(26(12-14-31-3)25(30)24(21)29)17-8-10-19(11-9-17)33-16(2)27/h5-11,15,22,28H,4,12-14H2,1-3H3/b23-21-. The molecule has 1 saturated heterocycles.